The number of aromatic nitrogens is 4. The van der Waals surface area contributed by atoms with Crippen molar-refractivity contribution in [1.82, 2.24) is 19.3 Å². The van der Waals surface area contributed by atoms with Gasteiger partial charge in [-0.1, -0.05) is 68.8 Å². The monoisotopic (exact) mass is 682 g/mol. The average Bonchev–Trinajstić information content (AvgIpc) is 3.82. The van der Waals surface area contributed by atoms with E-state index < -0.39 is 0 Å². The Bertz CT molecular complexity index is 2790. The highest BCUT2D eigenvalue weighted by atomic mass is 32.1. The van der Waals surface area contributed by atoms with Crippen LogP contribution in [0.2, 0.25) is 0 Å². The highest BCUT2D eigenvalue weighted by Crippen LogP contribution is 2.44. The van der Waals surface area contributed by atoms with Crippen LogP contribution in [-0.2, 0) is 5.41 Å². The molecule has 0 spiro atoms. The normalized spacial score (nSPS) is 12.1. The number of aryl methyl sites for hydroxylation is 3. The second-order valence-corrected chi connectivity index (χ2v) is 15.7. The van der Waals surface area contributed by atoms with Crippen LogP contribution >= 0.6 is 11.3 Å². The first-order valence-electron chi connectivity index (χ1n) is 17.4. The molecular weight excluding hydrogens is 645 g/mol. The fourth-order valence-electron chi connectivity index (χ4n) is 7.66. The smallest absolute Gasteiger partial charge is 0.137 e. The first kappa shape index (κ1) is 31.3. The van der Waals surface area contributed by atoms with E-state index in [2.05, 4.69) is 137 Å². The van der Waals surface area contributed by atoms with Crippen LogP contribution in [0.5, 0.6) is 11.5 Å². The van der Waals surface area contributed by atoms with E-state index in [1.165, 1.54) is 58.9 Å². The molecule has 0 atom stereocenters. The summed E-state index contributed by atoms with van der Waals surface area (Å²) < 4.78 is 13.4. The van der Waals surface area contributed by atoms with Gasteiger partial charge in [-0.2, -0.15) is 5.10 Å². The van der Waals surface area contributed by atoms with E-state index in [1.807, 2.05) is 46.6 Å². The Morgan fingerprint density at radius 1 is 0.706 bits per heavy atom. The first-order valence-corrected chi connectivity index (χ1v) is 18.2. The van der Waals surface area contributed by atoms with E-state index in [4.69, 9.17) is 14.8 Å². The third kappa shape index (κ3) is 5.29. The summed E-state index contributed by atoms with van der Waals surface area (Å²) in [4.78, 5) is 4.98. The zero-order valence-corrected chi connectivity index (χ0v) is 30.5. The number of ether oxygens (including phenoxy) is 1. The number of rotatable bonds is 5. The van der Waals surface area contributed by atoms with Gasteiger partial charge in [0.1, 0.15) is 17.3 Å². The van der Waals surface area contributed by atoms with Crippen molar-refractivity contribution in [2.45, 2.75) is 47.0 Å². The lowest BCUT2D eigenvalue weighted by Gasteiger charge is -2.20. The Morgan fingerprint density at radius 2 is 1.49 bits per heavy atom. The molecular formula is C45H38N4OS. The van der Waals surface area contributed by atoms with E-state index in [1.54, 1.807) is 0 Å². The van der Waals surface area contributed by atoms with Gasteiger partial charge < -0.3 is 4.74 Å². The number of pyridine rings is 1. The maximum atomic E-state index is 6.63. The predicted molar refractivity (Wildman–Crippen MR) is 213 cm³/mol. The number of hydrogen-bond donors (Lipinski definition) is 0. The molecule has 0 aliphatic carbocycles. The summed E-state index contributed by atoms with van der Waals surface area (Å²) in [6.07, 6.45) is 5.98. The molecule has 0 unspecified atom stereocenters. The van der Waals surface area contributed by atoms with Crippen molar-refractivity contribution in [2.75, 3.05) is 0 Å². The Balaban J connectivity index is 1.17. The minimum atomic E-state index is -0.0206. The number of fused-ring (bicyclic) bond motifs is 7. The quantitative estimate of drug-likeness (QED) is 0.181. The number of thiophene rings is 1. The summed E-state index contributed by atoms with van der Waals surface area (Å²) >= 11 is 1.84. The molecule has 0 saturated carbocycles. The van der Waals surface area contributed by atoms with Crippen LogP contribution in [0.25, 0.3) is 64.6 Å². The number of nitrogens with zero attached hydrogens (tertiary/aromatic N) is 4. The zero-order valence-electron chi connectivity index (χ0n) is 29.7. The van der Waals surface area contributed by atoms with Gasteiger partial charge in [-0.3, -0.25) is 4.57 Å². The van der Waals surface area contributed by atoms with Crippen LogP contribution in [-0.4, -0.2) is 19.3 Å². The van der Waals surface area contributed by atoms with Gasteiger partial charge in [0.15, 0.2) is 0 Å². The van der Waals surface area contributed by atoms with Crippen LogP contribution in [0.15, 0.2) is 122 Å². The second-order valence-electron chi connectivity index (χ2n) is 14.6. The summed E-state index contributed by atoms with van der Waals surface area (Å²) in [7, 11) is 0. The van der Waals surface area contributed by atoms with E-state index >= 15 is 0 Å². The first-order chi connectivity index (χ1) is 24.6. The Hall–Kier alpha value is -5.72. The highest BCUT2D eigenvalue weighted by Gasteiger charge is 2.21. The SMILES string of the molecule is Cc1cc(C)c(-c2cnn(-c3cccc(Oc4ccc5c6ccc7sc8ccccc8c7c6n(-c6cc(C(C)(C)C)ccn6)c5c4)c3)c2)c(C)c1. The number of benzene rings is 5. The summed E-state index contributed by atoms with van der Waals surface area (Å²) in [5, 5.41) is 9.63. The summed E-state index contributed by atoms with van der Waals surface area (Å²) in [6.45, 7) is 13.2. The van der Waals surface area contributed by atoms with Crippen molar-refractivity contribution < 1.29 is 4.74 Å². The molecule has 0 aliphatic heterocycles. The van der Waals surface area contributed by atoms with Crippen molar-refractivity contribution >= 4 is 53.3 Å². The zero-order chi connectivity index (χ0) is 35.0. The van der Waals surface area contributed by atoms with Gasteiger partial charge in [-0.05, 0) is 97.0 Å². The minimum absolute atomic E-state index is 0.0206. The topological polar surface area (TPSA) is 44.9 Å². The van der Waals surface area contributed by atoms with Crippen LogP contribution < -0.4 is 4.74 Å². The third-order valence-electron chi connectivity index (χ3n) is 9.95. The molecule has 9 aromatic rings. The van der Waals surface area contributed by atoms with Gasteiger partial charge in [0.05, 0.1) is 22.9 Å². The van der Waals surface area contributed by atoms with E-state index in [-0.39, 0.29) is 5.41 Å². The molecule has 250 valence electrons. The molecule has 0 bridgehead atoms. The lowest BCUT2D eigenvalue weighted by molar-refractivity contribution is 0.483. The van der Waals surface area contributed by atoms with Crippen LogP contribution in [0.1, 0.15) is 43.0 Å². The van der Waals surface area contributed by atoms with Crippen LogP contribution in [0.3, 0.4) is 0 Å². The molecule has 5 nitrogen and oxygen atoms in total. The van der Waals surface area contributed by atoms with Crippen molar-refractivity contribution in [3.8, 4) is 34.1 Å². The molecule has 0 radical (unpaired) electrons. The lowest BCUT2D eigenvalue weighted by Crippen LogP contribution is -2.12. The molecule has 9 rings (SSSR count). The lowest BCUT2D eigenvalue weighted by atomic mass is 9.88. The van der Waals surface area contributed by atoms with Crippen molar-refractivity contribution in [1.29, 1.82) is 0 Å². The molecule has 6 heteroatoms. The number of hydrogen-bond acceptors (Lipinski definition) is 4. The minimum Gasteiger partial charge on any atom is -0.457 e. The molecule has 4 heterocycles. The Morgan fingerprint density at radius 3 is 2.31 bits per heavy atom. The molecule has 51 heavy (non-hydrogen) atoms. The maximum absolute atomic E-state index is 6.63. The van der Waals surface area contributed by atoms with E-state index in [9.17, 15) is 0 Å². The standard InChI is InChI=1S/C45H38N4OS/c1-27-20-28(2)42(29(3)21-27)30-25-47-48(26-30)32-10-9-11-33(23-32)50-34-14-15-35-36-16-17-40-43(37-12-7-8-13-39(37)51-40)44(36)49(38(35)24-34)41-22-31(18-19-46-41)45(4,5)6/h7-26H,1-6H3. The molecule has 0 N–H and O–H groups in total. The van der Waals surface area contributed by atoms with Crippen LogP contribution in [0, 0.1) is 20.8 Å². The summed E-state index contributed by atoms with van der Waals surface area (Å²) in [5.74, 6) is 2.40. The van der Waals surface area contributed by atoms with E-state index in [0.29, 0.717) is 0 Å². The molecule has 0 amide bonds. The summed E-state index contributed by atoms with van der Waals surface area (Å²) in [6, 6.07) is 36.6. The molecule has 4 aromatic heterocycles. The van der Waals surface area contributed by atoms with Gasteiger partial charge in [0.2, 0.25) is 0 Å². The average molecular weight is 683 g/mol. The molecule has 5 aromatic carbocycles. The predicted octanol–water partition coefficient (Wildman–Crippen LogP) is 12.4. The highest BCUT2D eigenvalue weighted by molar-refractivity contribution is 7.26. The maximum Gasteiger partial charge on any atom is 0.137 e. The second kappa shape index (κ2) is 11.7. The fraction of sp³-hybridized carbons (Fsp3) is 0.156. The molecule has 0 aliphatic rings. The molecule has 0 fully saturated rings. The van der Waals surface area contributed by atoms with Gasteiger partial charge in [-0.15, -0.1) is 11.3 Å². The summed E-state index contributed by atoms with van der Waals surface area (Å²) in [5.41, 5.74) is 10.5. The largest absolute Gasteiger partial charge is 0.457 e. The van der Waals surface area contributed by atoms with Crippen molar-refractivity contribution in [2.24, 2.45) is 0 Å². The van der Waals surface area contributed by atoms with Crippen LogP contribution in [0.4, 0.5) is 0 Å². The van der Waals surface area contributed by atoms with Crippen molar-refractivity contribution in [3.05, 3.63) is 144 Å². The Labute approximate surface area is 301 Å². The van der Waals surface area contributed by atoms with Gasteiger partial charge in [0.25, 0.3) is 0 Å². The van der Waals surface area contributed by atoms with Crippen molar-refractivity contribution in [3.63, 3.8) is 0 Å². The van der Waals surface area contributed by atoms with Gasteiger partial charge in [0, 0.05) is 61.0 Å². The fourth-order valence-corrected chi connectivity index (χ4v) is 8.76. The Kier molecular flexibility index (Phi) is 7.16. The van der Waals surface area contributed by atoms with E-state index in [0.717, 1.165) is 39.5 Å². The third-order valence-corrected chi connectivity index (χ3v) is 11.1. The van der Waals surface area contributed by atoms with Gasteiger partial charge in [-0.25, -0.2) is 9.67 Å². The van der Waals surface area contributed by atoms with Gasteiger partial charge >= 0.3 is 0 Å². The molecule has 0 saturated heterocycles.